The van der Waals surface area contributed by atoms with E-state index in [0.717, 1.165) is 17.1 Å². The molecule has 110 valence electrons. The fraction of sp³-hybridized carbons (Fsp3) is 0.500. The van der Waals surface area contributed by atoms with E-state index < -0.39 is 10.0 Å². The van der Waals surface area contributed by atoms with E-state index in [9.17, 15) is 13.2 Å². The Morgan fingerprint density at radius 2 is 1.85 bits per heavy atom. The fourth-order valence-electron chi connectivity index (χ4n) is 2.27. The molecule has 0 saturated heterocycles. The molecule has 6 heteroatoms. The van der Waals surface area contributed by atoms with Crippen molar-refractivity contribution < 1.29 is 17.9 Å². The molecule has 1 aromatic rings. The first-order valence-corrected chi connectivity index (χ1v) is 8.15. The van der Waals surface area contributed by atoms with Gasteiger partial charge in [-0.15, -0.1) is 0 Å². The number of sulfonamides is 1. The monoisotopic (exact) mass is 297 g/mol. The van der Waals surface area contributed by atoms with E-state index >= 15 is 0 Å². The van der Waals surface area contributed by atoms with E-state index in [0.29, 0.717) is 12.0 Å². The molecular formula is C14H19NO4S. The van der Waals surface area contributed by atoms with Gasteiger partial charge in [-0.1, -0.05) is 0 Å². The van der Waals surface area contributed by atoms with Gasteiger partial charge in [0.2, 0.25) is 10.0 Å². The molecule has 0 spiro atoms. The topological polar surface area (TPSA) is 63.7 Å². The number of nitrogens with zero attached hydrogens (tertiary/aromatic N) is 1. The highest BCUT2D eigenvalue weighted by atomic mass is 32.2. The Kier molecular flexibility index (Phi) is 4.77. The normalized spacial score (nSPS) is 16.5. The third-order valence-corrected chi connectivity index (χ3v) is 5.31. The number of carbonyl (C=O) groups is 1. The van der Waals surface area contributed by atoms with Crippen LogP contribution >= 0.6 is 0 Å². The van der Waals surface area contributed by atoms with Gasteiger partial charge in [0.15, 0.2) is 0 Å². The highest BCUT2D eigenvalue weighted by Crippen LogP contribution is 2.25. The van der Waals surface area contributed by atoms with Crippen molar-refractivity contribution in [1.82, 2.24) is 4.31 Å². The van der Waals surface area contributed by atoms with Crippen molar-refractivity contribution in [1.29, 1.82) is 0 Å². The van der Waals surface area contributed by atoms with Gasteiger partial charge in [-0.3, -0.25) is 0 Å². The highest BCUT2D eigenvalue weighted by molar-refractivity contribution is 7.89. The van der Waals surface area contributed by atoms with Crippen molar-refractivity contribution >= 4 is 16.3 Å². The van der Waals surface area contributed by atoms with Crippen LogP contribution in [0.3, 0.4) is 0 Å². The van der Waals surface area contributed by atoms with Crippen LogP contribution in [0.5, 0.6) is 5.75 Å². The molecule has 1 aliphatic carbocycles. The number of carbonyl (C=O) groups excluding carboxylic acids is 1. The zero-order valence-corrected chi connectivity index (χ0v) is 12.3. The first kappa shape index (κ1) is 15.0. The van der Waals surface area contributed by atoms with Crippen LogP contribution in [0.1, 0.15) is 25.7 Å². The van der Waals surface area contributed by atoms with Gasteiger partial charge in [0.05, 0.1) is 17.5 Å². The molecule has 2 rings (SSSR count). The molecule has 0 unspecified atom stereocenters. The summed E-state index contributed by atoms with van der Waals surface area (Å²) in [6.07, 6.45) is 5.30. The molecule has 20 heavy (non-hydrogen) atoms. The molecule has 5 nitrogen and oxygen atoms in total. The SMILES string of the molecule is CN(CC=O)S(=O)(=O)c1ccc(OC2CCCC2)cc1. The van der Waals surface area contributed by atoms with Crippen LogP contribution in [-0.2, 0) is 14.8 Å². The molecule has 0 N–H and O–H groups in total. The largest absolute Gasteiger partial charge is 0.490 e. The minimum atomic E-state index is -3.60. The van der Waals surface area contributed by atoms with Gasteiger partial charge < -0.3 is 9.53 Å². The molecule has 0 amide bonds. The Hall–Kier alpha value is -1.40. The fourth-order valence-corrected chi connectivity index (χ4v) is 3.37. The number of rotatable bonds is 6. The van der Waals surface area contributed by atoms with Gasteiger partial charge >= 0.3 is 0 Å². The number of aldehydes is 1. The van der Waals surface area contributed by atoms with Crippen molar-refractivity contribution in [3.8, 4) is 5.75 Å². The summed E-state index contributed by atoms with van der Waals surface area (Å²) in [5.41, 5.74) is 0. The lowest BCUT2D eigenvalue weighted by molar-refractivity contribution is -0.107. The second-order valence-electron chi connectivity index (χ2n) is 4.95. The number of hydrogen-bond donors (Lipinski definition) is 0. The van der Waals surface area contributed by atoms with Crippen LogP contribution in [0.15, 0.2) is 29.2 Å². The predicted octanol–water partition coefficient (Wildman–Crippen LogP) is 1.83. The molecule has 0 bridgehead atoms. The smallest absolute Gasteiger partial charge is 0.243 e. The second-order valence-corrected chi connectivity index (χ2v) is 6.99. The minimum Gasteiger partial charge on any atom is -0.490 e. The van der Waals surface area contributed by atoms with E-state index in [1.807, 2.05) is 0 Å². The van der Waals surface area contributed by atoms with E-state index in [4.69, 9.17) is 4.74 Å². The van der Waals surface area contributed by atoms with Crippen molar-refractivity contribution in [2.45, 2.75) is 36.7 Å². The summed E-state index contributed by atoms with van der Waals surface area (Å²) in [4.78, 5) is 10.6. The van der Waals surface area contributed by atoms with Crippen LogP contribution < -0.4 is 4.74 Å². The molecule has 0 aliphatic heterocycles. The Bertz CT molecular complexity index is 547. The molecule has 1 saturated carbocycles. The number of ether oxygens (including phenoxy) is 1. The zero-order valence-electron chi connectivity index (χ0n) is 11.5. The van der Waals surface area contributed by atoms with Gasteiger partial charge in [0, 0.05) is 7.05 Å². The van der Waals surface area contributed by atoms with Crippen LogP contribution in [-0.4, -0.2) is 38.7 Å². The molecule has 0 atom stereocenters. The predicted molar refractivity (Wildman–Crippen MR) is 75.2 cm³/mol. The van der Waals surface area contributed by atoms with Crippen LogP contribution in [0.4, 0.5) is 0 Å². The Morgan fingerprint density at radius 3 is 2.40 bits per heavy atom. The summed E-state index contributed by atoms with van der Waals surface area (Å²) in [5.74, 6) is 0.689. The maximum Gasteiger partial charge on any atom is 0.243 e. The number of hydrogen-bond acceptors (Lipinski definition) is 4. The first-order chi connectivity index (χ1) is 9.54. The summed E-state index contributed by atoms with van der Waals surface area (Å²) in [6.45, 7) is -0.150. The summed E-state index contributed by atoms with van der Waals surface area (Å²) in [6, 6.07) is 6.36. The summed E-state index contributed by atoms with van der Waals surface area (Å²) >= 11 is 0. The average molecular weight is 297 g/mol. The Labute approximate surface area is 119 Å². The maximum absolute atomic E-state index is 12.1. The van der Waals surface area contributed by atoms with Crippen LogP contribution in [0.2, 0.25) is 0 Å². The van der Waals surface area contributed by atoms with E-state index in [-0.39, 0.29) is 17.5 Å². The molecule has 1 aromatic carbocycles. The van der Waals surface area contributed by atoms with Crippen LogP contribution in [0.25, 0.3) is 0 Å². The summed E-state index contributed by atoms with van der Waals surface area (Å²) in [5, 5.41) is 0. The summed E-state index contributed by atoms with van der Waals surface area (Å²) < 4.78 is 31.0. The van der Waals surface area contributed by atoms with Gasteiger partial charge in [0.25, 0.3) is 0 Å². The van der Waals surface area contributed by atoms with Gasteiger partial charge in [-0.2, -0.15) is 4.31 Å². The Balaban J connectivity index is 2.08. The maximum atomic E-state index is 12.1. The Morgan fingerprint density at radius 1 is 1.25 bits per heavy atom. The molecule has 1 fully saturated rings. The lowest BCUT2D eigenvalue weighted by Crippen LogP contribution is -2.28. The molecule has 0 heterocycles. The van der Waals surface area contributed by atoms with Gasteiger partial charge in [-0.05, 0) is 49.9 Å². The summed E-state index contributed by atoms with van der Waals surface area (Å²) in [7, 11) is -2.22. The third-order valence-electron chi connectivity index (χ3n) is 3.47. The van der Waals surface area contributed by atoms with Crippen molar-refractivity contribution in [3.63, 3.8) is 0 Å². The zero-order chi connectivity index (χ0) is 14.6. The highest BCUT2D eigenvalue weighted by Gasteiger charge is 2.21. The third kappa shape index (κ3) is 3.37. The van der Waals surface area contributed by atoms with Gasteiger partial charge in [0.1, 0.15) is 12.0 Å². The second kappa shape index (κ2) is 6.37. The number of likely N-dealkylation sites (N-methyl/N-ethyl adjacent to an activating group) is 1. The van der Waals surface area contributed by atoms with Crippen molar-refractivity contribution in [3.05, 3.63) is 24.3 Å². The number of benzene rings is 1. The molecular weight excluding hydrogens is 278 g/mol. The van der Waals surface area contributed by atoms with E-state index in [1.165, 1.54) is 32.0 Å². The van der Waals surface area contributed by atoms with Crippen LogP contribution in [0, 0.1) is 0 Å². The average Bonchev–Trinajstić information content (AvgIpc) is 2.92. The van der Waals surface area contributed by atoms with Crippen molar-refractivity contribution in [2.75, 3.05) is 13.6 Å². The van der Waals surface area contributed by atoms with E-state index in [2.05, 4.69) is 0 Å². The standard InChI is InChI=1S/C14H19NO4S/c1-15(10-11-16)20(17,18)14-8-6-13(7-9-14)19-12-4-2-3-5-12/h6-9,11-12H,2-5,10H2,1H3. The lowest BCUT2D eigenvalue weighted by atomic mass is 10.3. The van der Waals surface area contributed by atoms with Crippen molar-refractivity contribution in [2.24, 2.45) is 0 Å². The quantitative estimate of drug-likeness (QED) is 0.751. The molecule has 0 radical (unpaired) electrons. The minimum absolute atomic E-state index is 0.150. The molecule has 0 aromatic heterocycles. The lowest BCUT2D eigenvalue weighted by Gasteiger charge is -2.16. The van der Waals surface area contributed by atoms with E-state index in [1.54, 1.807) is 12.1 Å². The molecule has 1 aliphatic rings. The van der Waals surface area contributed by atoms with Gasteiger partial charge in [-0.25, -0.2) is 8.42 Å². The first-order valence-electron chi connectivity index (χ1n) is 6.71.